The van der Waals surface area contributed by atoms with Gasteiger partial charge in [-0.3, -0.25) is 23.7 Å². The molecule has 0 amide bonds. The Hall–Kier alpha value is -3.49. The average molecular weight is 515 g/mol. The van der Waals surface area contributed by atoms with Crippen LogP contribution in [0.4, 0.5) is 0 Å². The first-order valence-electron chi connectivity index (χ1n) is 13.6. The van der Waals surface area contributed by atoms with Crippen LogP contribution in [0.25, 0.3) is 11.2 Å². The highest BCUT2D eigenvalue weighted by atomic mass is 16.2. The second-order valence-corrected chi connectivity index (χ2v) is 10.8. The summed E-state index contributed by atoms with van der Waals surface area (Å²) in [5, 5.41) is 0. The highest BCUT2D eigenvalue weighted by Crippen LogP contribution is 2.29. The van der Waals surface area contributed by atoms with Crippen LogP contribution >= 0.6 is 0 Å². The van der Waals surface area contributed by atoms with Gasteiger partial charge in [0.15, 0.2) is 11.2 Å². The number of aromatic nitrogens is 4. The highest BCUT2D eigenvalue weighted by Gasteiger charge is 2.28. The molecule has 5 rings (SSSR count). The molecule has 0 spiro atoms. The van der Waals surface area contributed by atoms with Crippen LogP contribution in [0, 0.1) is 5.92 Å². The molecule has 3 heterocycles. The van der Waals surface area contributed by atoms with Gasteiger partial charge in [-0.1, -0.05) is 74.5 Å². The smallest absolute Gasteiger partial charge is 0.321 e. The number of fused-ring (bicyclic) bond motifs is 1. The molecular weight excluding hydrogens is 476 g/mol. The van der Waals surface area contributed by atoms with Crippen molar-refractivity contribution >= 4 is 11.2 Å². The van der Waals surface area contributed by atoms with E-state index in [2.05, 4.69) is 88.9 Å². The fourth-order valence-corrected chi connectivity index (χ4v) is 5.50. The van der Waals surface area contributed by atoms with Gasteiger partial charge in [-0.05, 0) is 23.5 Å². The van der Waals surface area contributed by atoms with Crippen LogP contribution in [-0.4, -0.2) is 54.7 Å². The summed E-state index contributed by atoms with van der Waals surface area (Å²) >= 11 is 0. The lowest BCUT2D eigenvalue weighted by molar-refractivity contribution is 0.102. The Morgan fingerprint density at radius 1 is 0.816 bits per heavy atom. The first-order valence-corrected chi connectivity index (χ1v) is 13.6. The van der Waals surface area contributed by atoms with Crippen LogP contribution in [0.5, 0.6) is 0 Å². The van der Waals surface area contributed by atoms with E-state index in [1.165, 1.54) is 20.3 Å². The molecule has 38 heavy (non-hydrogen) atoms. The topological polar surface area (TPSA) is 68.3 Å². The van der Waals surface area contributed by atoms with Gasteiger partial charge in [0.05, 0.1) is 12.6 Å². The first-order chi connectivity index (χ1) is 18.3. The van der Waals surface area contributed by atoms with Crippen LogP contribution in [0.2, 0.25) is 0 Å². The summed E-state index contributed by atoms with van der Waals surface area (Å²) in [6, 6.07) is 21.7. The van der Waals surface area contributed by atoms with E-state index in [4.69, 9.17) is 4.98 Å². The van der Waals surface area contributed by atoms with Gasteiger partial charge in [0.2, 0.25) is 0 Å². The van der Waals surface area contributed by atoms with E-state index in [0.29, 0.717) is 30.2 Å². The van der Waals surface area contributed by atoms with Crippen molar-refractivity contribution in [2.24, 2.45) is 20.0 Å². The molecule has 8 nitrogen and oxygen atoms in total. The van der Waals surface area contributed by atoms with Crippen LogP contribution in [0.15, 0.2) is 70.3 Å². The maximum atomic E-state index is 13.1. The van der Waals surface area contributed by atoms with Crippen molar-refractivity contribution in [1.82, 2.24) is 28.5 Å². The molecule has 1 saturated heterocycles. The van der Waals surface area contributed by atoms with Gasteiger partial charge in [0.1, 0.15) is 5.82 Å². The molecule has 0 atom stereocenters. The zero-order valence-corrected chi connectivity index (χ0v) is 22.9. The van der Waals surface area contributed by atoms with Crippen LogP contribution in [0.3, 0.4) is 0 Å². The predicted octanol–water partition coefficient (Wildman–Crippen LogP) is 3.39. The highest BCUT2D eigenvalue weighted by molar-refractivity contribution is 5.71. The Morgan fingerprint density at radius 2 is 1.39 bits per heavy atom. The maximum Gasteiger partial charge on any atom is 0.332 e. The first kappa shape index (κ1) is 26.1. The monoisotopic (exact) mass is 514 g/mol. The lowest BCUT2D eigenvalue weighted by Gasteiger charge is -2.39. The van der Waals surface area contributed by atoms with E-state index >= 15 is 0 Å². The zero-order chi connectivity index (χ0) is 26.8. The Morgan fingerprint density at radius 3 is 1.95 bits per heavy atom. The van der Waals surface area contributed by atoms with Crippen LogP contribution in [0.1, 0.15) is 43.3 Å². The van der Waals surface area contributed by atoms with Crippen molar-refractivity contribution in [2.45, 2.75) is 39.4 Å². The van der Waals surface area contributed by atoms with E-state index in [-0.39, 0.29) is 17.3 Å². The third-order valence-electron chi connectivity index (χ3n) is 7.72. The molecule has 0 unspecified atom stereocenters. The van der Waals surface area contributed by atoms with Crippen molar-refractivity contribution in [3.63, 3.8) is 0 Å². The number of benzene rings is 2. The number of piperazine rings is 1. The predicted molar refractivity (Wildman–Crippen MR) is 151 cm³/mol. The Labute approximate surface area is 223 Å². The summed E-state index contributed by atoms with van der Waals surface area (Å²) in [6.07, 6.45) is 0.939. The lowest BCUT2D eigenvalue weighted by Crippen LogP contribution is -2.47. The van der Waals surface area contributed by atoms with E-state index in [0.717, 1.165) is 38.4 Å². The number of hydrogen-bond acceptors (Lipinski definition) is 5. The molecule has 4 aromatic rings. The normalized spacial score (nSPS) is 15.2. The Bertz CT molecular complexity index is 1460. The summed E-state index contributed by atoms with van der Waals surface area (Å²) < 4.78 is 4.74. The van der Waals surface area contributed by atoms with Gasteiger partial charge in [0, 0.05) is 46.8 Å². The second kappa shape index (κ2) is 11.1. The van der Waals surface area contributed by atoms with Crippen molar-refractivity contribution in [2.75, 3.05) is 26.2 Å². The quantitative estimate of drug-likeness (QED) is 0.361. The van der Waals surface area contributed by atoms with E-state index in [1.807, 2.05) is 0 Å². The van der Waals surface area contributed by atoms with Crippen molar-refractivity contribution in [1.29, 1.82) is 0 Å². The summed E-state index contributed by atoms with van der Waals surface area (Å²) in [5.41, 5.74) is 2.99. The Balaban J connectivity index is 1.40. The van der Waals surface area contributed by atoms with Gasteiger partial charge in [0.25, 0.3) is 5.56 Å². The second-order valence-electron chi connectivity index (χ2n) is 10.8. The fourth-order valence-electron chi connectivity index (χ4n) is 5.50. The molecule has 2 aromatic heterocycles. The largest absolute Gasteiger partial charge is 0.332 e. The van der Waals surface area contributed by atoms with E-state index in [9.17, 15) is 9.59 Å². The van der Waals surface area contributed by atoms with Gasteiger partial charge in [-0.15, -0.1) is 0 Å². The van der Waals surface area contributed by atoms with E-state index in [1.54, 1.807) is 14.1 Å². The fraction of sp³-hybridized carbons (Fsp3) is 0.433. The van der Waals surface area contributed by atoms with E-state index < -0.39 is 0 Å². The van der Waals surface area contributed by atoms with Gasteiger partial charge >= 0.3 is 5.69 Å². The zero-order valence-electron chi connectivity index (χ0n) is 22.9. The molecular formula is C30H38N6O2. The van der Waals surface area contributed by atoms with Crippen LogP contribution in [-0.2, 0) is 27.2 Å². The van der Waals surface area contributed by atoms with Gasteiger partial charge in [-0.25, -0.2) is 9.78 Å². The average Bonchev–Trinajstić information content (AvgIpc) is 3.30. The minimum absolute atomic E-state index is 0.215. The molecule has 0 saturated carbocycles. The molecule has 0 aliphatic carbocycles. The molecule has 2 aromatic carbocycles. The molecule has 0 bridgehead atoms. The minimum Gasteiger partial charge on any atom is -0.321 e. The van der Waals surface area contributed by atoms with Gasteiger partial charge < -0.3 is 4.57 Å². The molecule has 0 radical (unpaired) electrons. The number of hydrogen-bond donors (Lipinski definition) is 0. The third kappa shape index (κ3) is 5.11. The number of rotatable bonds is 8. The molecule has 1 aliphatic heterocycles. The van der Waals surface area contributed by atoms with Crippen LogP contribution < -0.4 is 11.2 Å². The SMILES string of the molecule is CC(C)CCn1c(CN2CCN(C(c3ccccc3)c3ccccc3)CC2)nc2c1c(=O)n(C)c(=O)n2C. The molecule has 200 valence electrons. The number of imidazole rings is 1. The Kier molecular flexibility index (Phi) is 7.63. The van der Waals surface area contributed by atoms with Crippen molar-refractivity contribution in [3.05, 3.63) is 98.5 Å². The summed E-state index contributed by atoms with van der Waals surface area (Å²) in [7, 11) is 3.23. The summed E-state index contributed by atoms with van der Waals surface area (Å²) in [5.74, 6) is 1.35. The molecule has 1 aliphatic rings. The minimum atomic E-state index is -0.343. The molecule has 8 heteroatoms. The number of nitrogens with zero attached hydrogens (tertiary/aromatic N) is 6. The lowest BCUT2D eigenvalue weighted by atomic mass is 9.96. The van der Waals surface area contributed by atoms with Gasteiger partial charge in [-0.2, -0.15) is 0 Å². The summed E-state index contributed by atoms with van der Waals surface area (Å²) in [6.45, 7) is 9.40. The molecule has 1 fully saturated rings. The number of aryl methyl sites for hydroxylation is 2. The van der Waals surface area contributed by atoms with Crippen molar-refractivity contribution < 1.29 is 0 Å². The maximum absolute atomic E-state index is 13.1. The third-order valence-corrected chi connectivity index (χ3v) is 7.72. The standard InChI is InChI=1S/C30H38N6O2/c1-22(2)15-16-36-25(31-28-27(36)29(37)33(4)30(38)32(28)3)21-34-17-19-35(20-18-34)26(23-11-7-5-8-12-23)24-13-9-6-10-14-24/h5-14,22,26H,15-21H2,1-4H3. The summed E-state index contributed by atoms with van der Waals surface area (Å²) in [4.78, 5) is 35.5. The van der Waals surface area contributed by atoms with Crippen molar-refractivity contribution in [3.8, 4) is 0 Å². The molecule has 0 N–H and O–H groups in total.